The Balaban J connectivity index is 4.47. The van der Waals surface area contributed by atoms with E-state index in [-0.39, 0.29) is 10.8 Å². The van der Waals surface area contributed by atoms with Crippen LogP contribution in [0.2, 0.25) is 0 Å². The van der Waals surface area contributed by atoms with Crippen molar-refractivity contribution in [3.63, 3.8) is 0 Å². The van der Waals surface area contributed by atoms with Gasteiger partial charge in [0.1, 0.15) is 0 Å². The van der Waals surface area contributed by atoms with Gasteiger partial charge >= 0.3 is 0 Å². The quantitative estimate of drug-likeness (QED) is 0.618. The van der Waals surface area contributed by atoms with E-state index in [0.717, 1.165) is 32.5 Å². The molecule has 2 atom stereocenters. The summed E-state index contributed by atoms with van der Waals surface area (Å²) in [5.41, 5.74) is 0.552. The zero-order chi connectivity index (χ0) is 11.9. The third-order valence-corrected chi connectivity index (χ3v) is 3.55. The summed E-state index contributed by atoms with van der Waals surface area (Å²) in [7, 11) is 3.57. The predicted molar refractivity (Wildman–Crippen MR) is 65.2 cm³/mol. The van der Waals surface area contributed by atoms with Crippen LogP contribution in [0.4, 0.5) is 0 Å². The molecular formula is C13H28O2. The van der Waals surface area contributed by atoms with Gasteiger partial charge in [-0.2, -0.15) is 0 Å². The highest BCUT2D eigenvalue weighted by molar-refractivity contribution is 4.83. The summed E-state index contributed by atoms with van der Waals surface area (Å²) in [5, 5.41) is 0. The van der Waals surface area contributed by atoms with Gasteiger partial charge in [0.15, 0.2) is 0 Å². The van der Waals surface area contributed by atoms with Crippen molar-refractivity contribution in [3.8, 4) is 0 Å². The lowest BCUT2D eigenvalue weighted by Gasteiger charge is -2.38. The molecule has 0 heterocycles. The second-order valence-electron chi connectivity index (χ2n) is 5.37. The topological polar surface area (TPSA) is 18.5 Å². The maximum atomic E-state index is 5.33. The molecule has 0 aromatic rings. The van der Waals surface area contributed by atoms with E-state index in [1.165, 1.54) is 0 Å². The minimum atomic E-state index is 0.276. The van der Waals surface area contributed by atoms with Crippen LogP contribution < -0.4 is 0 Å². The summed E-state index contributed by atoms with van der Waals surface area (Å²) in [4.78, 5) is 0. The van der Waals surface area contributed by atoms with Crippen LogP contribution in [0.1, 0.15) is 47.0 Å². The van der Waals surface area contributed by atoms with E-state index in [1.807, 2.05) is 0 Å². The highest BCUT2D eigenvalue weighted by Gasteiger charge is 2.33. The van der Waals surface area contributed by atoms with Crippen molar-refractivity contribution in [1.29, 1.82) is 0 Å². The predicted octanol–water partition coefficient (Wildman–Crippen LogP) is 3.50. The van der Waals surface area contributed by atoms with Crippen LogP contribution in [0.15, 0.2) is 0 Å². The van der Waals surface area contributed by atoms with Crippen LogP contribution in [-0.2, 0) is 9.47 Å². The average Bonchev–Trinajstić information content (AvgIpc) is 2.18. The summed E-state index contributed by atoms with van der Waals surface area (Å²) in [6.45, 7) is 10.8. The maximum Gasteiger partial charge on any atom is 0.0516 e. The molecular weight excluding hydrogens is 188 g/mol. The van der Waals surface area contributed by atoms with Gasteiger partial charge in [-0.05, 0) is 30.1 Å². The van der Waals surface area contributed by atoms with Crippen molar-refractivity contribution in [2.45, 2.75) is 47.0 Å². The summed E-state index contributed by atoms with van der Waals surface area (Å²) in [6.07, 6.45) is 3.47. The summed E-state index contributed by atoms with van der Waals surface area (Å²) in [5.74, 6) is 0. The van der Waals surface area contributed by atoms with E-state index >= 15 is 0 Å². The van der Waals surface area contributed by atoms with Crippen LogP contribution in [0, 0.1) is 10.8 Å². The van der Waals surface area contributed by atoms with E-state index in [4.69, 9.17) is 9.47 Å². The van der Waals surface area contributed by atoms with E-state index in [0.29, 0.717) is 0 Å². The average molecular weight is 216 g/mol. The third-order valence-electron chi connectivity index (χ3n) is 3.55. The molecule has 0 saturated heterocycles. The van der Waals surface area contributed by atoms with Crippen molar-refractivity contribution in [2.75, 3.05) is 27.4 Å². The SMILES string of the molecule is CCC(C)(COC)CC(C)(CC)COC. The molecule has 0 bridgehead atoms. The molecule has 0 aliphatic carbocycles. The lowest BCUT2D eigenvalue weighted by molar-refractivity contribution is 0.00906. The Labute approximate surface area is 95.3 Å². The zero-order valence-corrected chi connectivity index (χ0v) is 11.4. The monoisotopic (exact) mass is 216 g/mol. The van der Waals surface area contributed by atoms with Gasteiger partial charge in [-0.3, -0.25) is 0 Å². The summed E-state index contributed by atoms with van der Waals surface area (Å²) >= 11 is 0. The molecule has 2 nitrogen and oxygen atoms in total. The molecule has 0 aliphatic rings. The highest BCUT2D eigenvalue weighted by atomic mass is 16.5. The van der Waals surface area contributed by atoms with E-state index < -0.39 is 0 Å². The number of methoxy groups -OCH3 is 2. The first-order valence-electron chi connectivity index (χ1n) is 5.93. The molecule has 0 rings (SSSR count). The zero-order valence-electron chi connectivity index (χ0n) is 11.4. The molecule has 0 aromatic carbocycles. The highest BCUT2D eigenvalue weighted by Crippen LogP contribution is 2.39. The first-order valence-corrected chi connectivity index (χ1v) is 5.93. The normalized spacial score (nSPS) is 19.6. The molecule has 0 amide bonds. The number of rotatable bonds is 8. The number of hydrogen-bond acceptors (Lipinski definition) is 2. The molecule has 92 valence electrons. The van der Waals surface area contributed by atoms with Crippen molar-refractivity contribution in [3.05, 3.63) is 0 Å². The van der Waals surface area contributed by atoms with E-state index in [2.05, 4.69) is 27.7 Å². The first-order chi connectivity index (χ1) is 6.95. The summed E-state index contributed by atoms with van der Waals surface area (Å²) < 4.78 is 10.7. The number of hydrogen-bond donors (Lipinski definition) is 0. The van der Waals surface area contributed by atoms with Gasteiger partial charge in [-0.25, -0.2) is 0 Å². The van der Waals surface area contributed by atoms with Crippen molar-refractivity contribution < 1.29 is 9.47 Å². The first kappa shape index (κ1) is 14.9. The van der Waals surface area contributed by atoms with Gasteiger partial charge in [0.2, 0.25) is 0 Å². The van der Waals surface area contributed by atoms with Crippen LogP contribution in [0.25, 0.3) is 0 Å². The maximum absolute atomic E-state index is 5.33. The second kappa shape index (κ2) is 6.49. The molecule has 0 aliphatic heterocycles. The fourth-order valence-electron chi connectivity index (χ4n) is 2.28. The van der Waals surface area contributed by atoms with Crippen LogP contribution >= 0.6 is 0 Å². The Hall–Kier alpha value is -0.0800. The minimum absolute atomic E-state index is 0.276. The largest absolute Gasteiger partial charge is 0.384 e. The van der Waals surface area contributed by atoms with Gasteiger partial charge in [0, 0.05) is 14.2 Å². The summed E-state index contributed by atoms with van der Waals surface area (Å²) in [6, 6.07) is 0. The number of ether oxygens (including phenoxy) is 2. The Bertz CT molecular complexity index is 152. The standard InChI is InChI=1S/C13H28O2/c1-7-12(3,10-14-5)9-13(4,8-2)11-15-6/h7-11H2,1-6H3. The van der Waals surface area contributed by atoms with Crippen molar-refractivity contribution in [2.24, 2.45) is 10.8 Å². The Morgan fingerprint density at radius 1 is 0.800 bits per heavy atom. The Morgan fingerprint density at radius 3 is 1.33 bits per heavy atom. The fraction of sp³-hybridized carbons (Fsp3) is 1.00. The molecule has 0 saturated carbocycles. The van der Waals surface area contributed by atoms with Crippen LogP contribution in [0.5, 0.6) is 0 Å². The molecule has 0 N–H and O–H groups in total. The molecule has 0 radical (unpaired) electrons. The van der Waals surface area contributed by atoms with E-state index in [9.17, 15) is 0 Å². The minimum Gasteiger partial charge on any atom is -0.384 e. The lowest BCUT2D eigenvalue weighted by atomic mass is 9.71. The van der Waals surface area contributed by atoms with Gasteiger partial charge in [0.25, 0.3) is 0 Å². The fourth-order valence-corrected chi connectivity index (χ4v) is 2.28. The molecule has 2 heteroatoms. The lowest BCUT2D eigenvalue weighted by Crippen LogP contribution is -2.33. The van der Waals surface area contributed by atoms with Crippen LogP contribution in [0.3, 0.4) is 0 Å². The molecule has 15 heavy (non-hydrogen) atoms. The molecule has 2 unspecified atom stereocenters. The van der Waals surface area contributed by atoms with Crippen LogP contribution in [-0.4, -0.2) is 27.4 Å². The molecule has 0 fully saturated rings. The van der Waals surface area contributed by atoms with Gasteiger partial charge in [0.05, 0.1) is 13.2 Å². The smallest absolute Gasteiger partial charge is 0.0516 e. The van der Waals surface area contributed by atoms with Crippen molar-refractivity contribution in [1.82, 2.24) is 0 Å². The third kappa shape index (κ3) is 4.98. The van der Waals surface area contributed by atoms with E-state index in [1.54, 1.807) is 14.2 Å². The molecule has 0 spiro atoms. The Morgan fingerprint density at radius 2 is 1.13 bits per heavy atom. The molecule has 0 aromatic heterocycles. The Kier molecular flexibility index (Phi) is 6.46. The van der Waals surface area contributed by atoms with Gasteiger partial charge in [-0.15, -0.1) is 0 Å². The van der Waals surface area contributed by atoms with Gasteiger partial charge in [-0.1, -0.05) is 27.7 Å². The van der Waals surface area contributed by atoms with Crippen molar-refractivity contribution >= 4 is 0 Å². The second-order valence-corrected chi connectivity index (χ2v) is 5.37. The van der Waals surface area contributed by atoms with Gasteiger partial charge < -0.3 is 9.47 Å².